The van der Waals surface area contributed by atoms with Gasteiger partial charge in [0.1, 0.15) is 17.1 Å². The summed E-state index contributed by atoms with van der Waals surface area (Å²) in [5.74, 6) is 0.540. The standard InChI is InChI=1S/C26H35F3N6O/c1-25(2,26(27,28)29)35-14-9-21(10-15-35)33-12-5-13-34(17-16-33)23-8-3-7-22(32-23)24(36)31-19-20-6-4-11-30-18-20/h3-4,6-8,11,18,21H,5,9-10,12-17,19H2,1-2H3,(H,31,36). The lowest BCUT2D eigenvalue weighted by atomic mass is 9.95. The summed E-state index contributed by atoms with van der Waals surface area (Å²) < 4.78 is 40.3. The van der Waals surface area contributed by atoms with Crippen LogP contribution in [-0.4, -0.2) is 82.7 Å². The molecular formula is C26H35F3N6O. The Morgan fingerprint density at radius 2 is 1.81 bits per heavy atom. The van der Waals surface area contributed by atoms with Crippen LogP contribution in [-0.2, 0) is 6.54 Å². The zero-order chi connectivity index (χ0) is 25.8. The lowest BCUT2D eigenvalue weighted by Gasteiger charge is -2.45. The Kier molecular flexibility index (Phi) is 8.14. The van der Waals surface area contributed by atoms with E-state index in [2.05, 4.69) is 25.1 Å². The van der Waals surface area contributed by atoms with Gasteiger partial charge in [-0.3, -0.25) is 19.6 Å². The van der Waals surface area contributed by atoms with Crippen LogP contribution in [0.4, 0.5) is 19.0 Å². The summed E-state index contributed by atoms with van der Waals surface area (Å²) in [6.45, 7) is 7.17. The molecule has 0 bridgehead atoms. The van der Waals surface area contributed by atoms with Crippen molar-refractivity contribution in [3.63, 3.8) is 0 Å². The predicted octanol–water partition coefficient (Wildman–Crippen LogP) is 3.72. The fourth-order valence-electron chi connectivity index (χ4n) is 5.00. The molecule has 2 aromatic rings. The Bertz CT molecular complexity index is 1010. The topological polar surface area (TPSA) is 64.6 Å². The third-order valence-corrected chi connectivity index (χ3v) is 7.46. The van der Waals surface area contributed by atoms with E-state index in [1.807, 2.05) is 24.3 Å². The maximum Gasteiger partial charge on any atom is 0.406 e. The largest absolute Gasteiger partial charge is 0.406 e. The summed E-state index contributed by atoms with van der Waals surface area (Å²) in [5, 5.41) is 2.89. The maximum atomic E-state index is 13.4. The molecule has 2 saturated heterocycles. The van der Waals surface area contributed by atoms with E-state index >= 15 is 0 Å². The van der Waals surface area contributed by atoms with Crippen molar-refractivity contribution in [1.29, 1.82) is 0 Å². The van der Waals surface area contributed by atoms with E-state index < -0.39 is 11.7 Å². The van der Waals surface area contributed by atoms with Crippen LogP contribution in [0.2, 0.25) is 0 Å². The van der Waals surface area contributed by atoms with Gasteiger partial charge in [0.05, 0.1) is 0 Å². The zero-order valence-corrected chi connectivity index (χ0v) is 21.0. The minimum Gasteiger partial charge on any atom is -0.355 e. The van der Waals surface area contributed by atoms with Crippen LogP contribution in [0, 0.1) is 0 Å². The van der Waals surface area contributed by atoms with Crippen LogP contribution in [0.15, 0.2) is 42.7 Å². The number of carbonyl (C=O) groups is 1. The Morgan fingerprint density at radius 1 is 1.03 bits per heavy atom. The van der Waals surface area contributed by atoms with E-state index in [0.717, 1.165) is 56.8 Å². The van der Waals surface area contributed by atoms with Crippen molar-refractivity contribution < 1.29 is 18.0 Å². The second-order valence-electron chi connectivity index (χ2n) is 10.1. The third kappa shape index (κ3) is 6.15. The quantitative estimate of drug-likeness (QED) is 0.647. The molecule has 10 heteroatoms. The summed E-state index contributed by atoms with van der Waals surface area (Å²) in [4.78, 5) is 27.5. The second-order valence-corrected chi connectivity index (χ2v) is 10.1. The Balaban J connectivity index is 1.31. The molecule has 4 rings (SSSR count). The van der Waals surface area contributed by atoms with Crippen molar-refractivity contribution in [2.24, 2.45) is 0 Å². The highest BCUT2D eigenvalue weighted by molar-refractivity contribution is 5.92. The van der Waals surface area contributed by atoms with Crippen LogP contribution in [0.25, 0.3) is 0 Å². The molecule has 0 unspecified atom stereocenters. The molecule has 0 aromatic carbocycles. The maximum absolute atomic E-state index is 13.4. The lowest BCUT2D eigenvalue weighted by molar-refractivity contribution is -0.224. The minimum absolute atomic E-state index is 0.231. The van der Waals surface area contributed by atoms with Gasteiger partial charge in [0.25, 0.3) is 5.91 Å². The smallest absolute Gasteiger partial charge is 0.355 e. The number of hydrogen-bond donors (Lipinski definition) is 1. The number of amides is 1. The Labute approximate surface area is 210 Å². The molecule has 0 radical (unpaired) electrons. The van der Waals surface area contributed by atoms with Crippen molar-refractivity contribution in [3.05, 3.63) is 54.0 Å². The van der Waals surface area contributed by atoms with Gasteiger partial charge in [-0.2, -0.15) is 13.2 Å². The second kappa shape index (κ2) is 11.1. The van der Waals surface area contributed by atoms with Gasteiger partial charge in [0.2, 0.25) is 0 Å². The van der Waals surface area contributed by atoms with E-state index in [1.165, 1.54) is 13.8 Å². The number of carbonyl (C=O) groups excluding carboxylic acids is 1. The predicted molar refractivity (Wildman–Crippen MR) is 133 cm³/mol. The number of nitrogens with zero attached hydrogens (tertiary/aromatic N) is 5. The summed E-state index contributed by atoms with van der Waals surface area (Å²) in [7, 11) is 0. The number of hydrogen-bond acceptors (Lipinski definition) is 6. The van der Waals surface area contributed by atoms with Gasteiger partial charge in [-0.05, 0) is 56.9 Å². The van der Waals surface area contributed by atoms with E-state index in [1.54, 1.807) is 23.4 Å². The molecule has 2 aliphatic heterocycles. The third-order valence-electron chi connectivity index (χ3n) is 7.46. The average Bonchev–Trinajstić information content (AvgIpc) is 3.14. The molecule has 196 valence electrons. The average molecular weight is 505 g/mol. The molecule has 2 aromatic heterocycles. The number of nitrogens with one attached hydrogen (secondary N) is 1. The first-order valence-electron chi connectivity index (χ1n) is 12.6. The molecule has 0 saturated carbocycles. The highest BCUT2D eigenvalue weighted by Gasteiger charge is 2.51. The molecule has 0 atom stereocenters. The van der Waals surface area contributed by atoms with Crippen LogP contribution in [0.3, 0.4) is 0 Å². The fraction of sp³-hybridized carbons (Fsp3) is 0.577. The molecular weight excluding hydrogens is 469 g/mol. The van der Waals surface area contributed by atoms with Crippen LogP contribution < -0.4 is 10.2 Å². The van der Waals surface area contributed by atoms with Crippen molar-refractivity contribution in [2.45, 2.75) is 57.4 Å². The first-order valence-corrected chi connectivity index (χ1v) is 12.6. The van der Waals surface area contributed by atoms with Gasteiger partial charge >= 0.3 is 6.18 Å². The number of halogens is 3. The van der Waals surface area contributed by atoms with Gasteiger partial charge in [0, 0.05) is 64.2 Å². The lowest BCUT2D eigenvalue weighted by Crippen LogP contribution is -2.58. The van der Waals surface area contributed by atoms with Crippen molar-refractivity contribution >= 4 is 11.7 Å². The van der Waals surface area contributed by atoms with E-state index in [9.17, 15) is 18.0 Å². The summed E-state index contributed by atoms with van der Waals surface area (Å²) in [6, 6.07) is 9.51. The number of pyridine rings is 2. The number of anilines is 1. The molecule has 0 aliphatic carbocycles. The molecule has 4 heterocycles. The van der Waals surface area contributed by atoms with E-state index in [-0.39, 0.29) is 5.91 Å². The summed E-state index contributed by atoms with van der Waals surface area (Å²) >= 11 is 0. The van der Waals surface area contributed by atoms with Gasteiger partial charge in [-0.25, -0.2) is 4.98 Å². The normalized spacial score (nSPS) is 19.2. The Morgan fingerprint density at radius 3 is 2.50 bits per heavy atom. The molecule has 36 heavy (non-hydrogen) atoms. The van der Waals surface area contributed by atoms with Crippen LogP contribution >= 0.6 is 0 Å². The SMILES string of the molecule is CC(C)(N1CCC(N2CCCN(c3cccc(C(=O)NCc4cccnc4)n3)CC2)CC1)C(F)(F)F. The van der Waals surface area contributed by atoms with Crippen LogP contribution in [0.5, 0.6) is 0 Å². The molecule has 1 amide bonds. The first-order chi connectivity index (χ1) is 17.1. The number of rotatable bonds is 6. The van der Waals surface area contributed by atoms with Gasteiger partial charge in [0.15, 0.2) is 0 Å². The van der Waals surface area contributed by atoms with Crippen LogP contribution in [0.1, 0.15) is 49.2 Å². The fourth-order valence-corrected chi connectivity index (χ4v) is 5.00. The highest BCUT2D eigenvalue weighted by Crippen LogP contribution is 2.37. The number of likely N-dealkylation sites (tertiary alicyclic amines) is 1. The molecule has 1 N–H and O–H groups in total. The van der Waals surface area contributed by atoms with E-state index in [4.69, 9.17) is 0 Å². The molecule has 2 fully saturated rings. The zero-order valence-electron chi connectivity index (χ0n) is 21.0. The molecule has 7 nitrogen and oxygen atoms in total. The molecule has 2 aliphatic rings. The van der Waals surface area contributed by atoms with E-state index in [0.29, 0.717) is 31.4 Å². The highest BCUT2D eigenvalue weighted by atomic mass is 19.4. The number of aromatic nitrogens is 2. The monoisotopic (exact) mass is 504 g/mol. The summed E-state index contributed by atoms with van der Waals surface area (Å²) in [5.41, 5.74) is -0.506. The van der Waals surface area contributed by atoms with Crippen molar-refractivity contribution in [1.82, 2.24) is 25.1 Å². The summed E-state index contributed by atoms with van der Waals surface area (Å²) in [6.07, 6.45) is 1.59. The Hall–Kier alpha value is -2.72. The molecule has 0 spiro atoms. The van der Waals surface area contributed by atoms with Gasteiger partial charge < -0.3 is 10.2 Å². The van der Waals surface area contributed by atoms with Crippen molar-refractivity contribution in [3.8, 4) is 0 Å². The number of alkyl halides is 3. The van der Waals surface area contributed by atoms with Gasteiger partial charge in [-0.1, -0.05) is 12.1 Å². The van der Waals surface area contributed by atoms with Gasteiger partial charge in [-0.15, -0.1) is 0 Å². The van der Waals surface area contributed by atoms with Crippen molar-refractivity contribution in [2.75, 3.05) is 44.2 Å². The first kappa shape index (κ1) is 26.3. The minimum atomic E-state index is -4.24. The number of piperidine rings is 1.